The summed E-state index contributed by atoms with van der Waals surface area (Å²) in [5.41, 5.74) is 6.12. The van der Waals surface area contributed by atoms with Gasteiger partial charge in [0.2, 0.25) is 0 Å². The molecule has 3 aromatic rings. The van der Waals surface area contributed by atoms with Gasteiger partial charge in [0.05, 0.1) is 7.11 Å². The molecule has 158 valence electrons. The predicted molar refractivity (Wildman–Crippen MR) is 120 cm³/mol. The topological polar surface area (TPSA) is 79.5 Å². The van der Waals surface area contributed by atoms with Gasteiger partial charge in [-0.1, -0.05) is 18.2 Å². The van der Waals surface area contributed by atoms with Crippen molar-refractivity contribution in [2.24, 2.45) is 0 Å². The highest BCUT2D eigenvalue weighted by Gasteiger charge is 2.13. The highest BCUT2D eigenvalue weighted by molar-refractivity contribution is 6.04. The van der Waals surface area contributed by atoms with E-state index in [9.17, 15) is 9.59 Å². The quantitative estimate of drug-likeness (QED) is 0.572. The minimum absolute atomic E-state index is 0.174. The van der Waals surface area contributed by atoms with Gasteiger partial charge in [-0.15, -0.1) is 0 Å². The molecule has 0 aliphatic carbocycles. The molecule has 0 unspecified atom stereocenters. The summed E-state index contributed by atoms with van der Waals surface area (Å²) in [4.78, 5) is 25.2. The maximum absolute atomic E-state index is 12.7. The van der Waals surface area contributed by atoms with E-state index in [1.54, 1.807) is 37.4 Å². The van der Waals surface area contributed by atoms with E-state index in [-0.39, 0.29) is 11.8 Å². The minimum Gasteiger partial charge on any atom is -0.496 e. The second kappa shape index (κ2) is 9.02. The zero-order valence-electron chi connectivity index (χ0n) is 17.6. The van der Waals surface area contributed by atoms with Gasteiger partial charge in [-0.25, -0.2) is 0 Å². The summed E-state index contributed by atoms with van der Waals surface area (Å²) < 4.78 is 5.24. The third-order valence-corrected chi connectivity index (χ3v) is 5.39. The predicted octanol–water partition coefficient (Wildman–Crippen LogP) is 3.79. The number of rotatable bonds is 6. The highest BCUT2D eigenvalue weighted by Crippen LogP contribution is 2.21. The van der Waals surface area contributed by atoms with Crippen LogP contribution >= 0.6 is 0 Å². The van der Waals surface area contributed by atoms with E-state index in [1.165, 1.54) is 11.1 Å². The Morgan fingerprint density at radius 1 is 0.935 bits per heavy atom. The van der Waals surface area contributed by atoms with Crippen LogP contribution in [-0.4, -0.2) is 18.9 Å². The number of amides is 2. The summed E-state index contributed by atoms with van der Waals surface area (Å²) in [5, 5.41) is 9.16. The van der Waals surface area contributed by atoms with Gasteiger partial charge >= 0.3 is 0 Å². The first-order valence-corrected chi connectivity index (χ1v) is 10.2. The van der Waals surface area contributed by atoms with E-state index in [0.717, 1.165) is 35.7 Å². The number of aryl methyl sites for hydroxylation is 1. The molecule has 1 aliphatic rings. The van der Waals surface area contributed by atoms with E-state index in [2.05, 4.69) is 16.0 Å². The number of carbonyl (C=O) groups excluding carboxylic acids is 2. The lowest BCUT2D eigenvalue weighted by molar-refractivity contribution is 0.0950. The van der Waals surface area contributed by atoms with E-state index in [1.807, 2.05) is 37.3 Å². The van der Waals surface area contributed by atoms with Crippen molar-refractivity contribution >= 4 is 17.5 Å². The van der Waals surface area contributed by atoms with Gasteiger partial charge in [0.15, 0.2) is 0 Å². The maximum Gasteiger partial charge on any atom is 0.255 e. The maximum atomic E-state index is 12.7. The fraction of sp³-hybridized carbons (Fsp3) is 0.200. The molecular weight excluding hydrogens is 390 g/mol. The normalized spacial score (nSPS) is 12.2. The first kappa shape index (κ1) is 20.6. The molecule has 0 saturated carbocycles. The van der Waals surface area contributed by atoms with Crippen LogP contribution in [0.5, 0.6) is 5.75 Å². The third-order valence-electron chi connectivity index (χ3n) is 5.39. The summed E-state index contributed by atoms with van der Waals surface area (Å²) in [6.45, 7) is 3.92. The number of anilines is 1. The molecule has 0 radical (unpaired) electrons. The highest BCUT2D eigenvalue weighted by atomic mass is 16.5. The fourth-order valence-corrected chi connectivity index (χ4v) is 3.70. The molecule has 0 spiro atoms. The van der Waals surface area contributed by atoms with Gasteiger partial charge in [-0.3, -0.25) is 9.59 Å². The fourth-order valence-electron chi connectivity index (χ4n) is 3.70. The molecule has 1 aliphatic heterocycles. The first-order chi connectivity index (χ1) is 15.0. The Kier molecular flexibility index (Phi) is 6.00. The minimum atomic E-state index is -0.176. The molecule has 1 heterocycles. The van der Waals surface area contributed by atoms with Crippen molar-refractivity contribution in [1.82, 2.24) is 10.6 Å². The zero-order chi connectivity index (χ0) is 21.8. The van der Waals surface area contributed by atoms with Crippen molar-refractivity contribution in [2.45, 2.75) is 26.6 Å². The van der Waals surface area contributed by atoms with Crippen LogP contribution in [-0.2, 0) is 19.6 Å². The Labute approximate surface area is 181 Å². The molecule has 0 fully saturated rings. The Hall–Kier alpha value is -3.64. The molecule has 0 saturated heterocycles. The second-order valence-electron chi connectivity index (χ2n) is 7.61. The summed E-state index contributed by atoms with van der Waals surface area (Å²) in [7, 11) is 1.60. The van der Waals surface area contributed by atoms with Gasteiger partial charge in [0.1, 0.15) is 5.75 Å². The van der Waals surface area contributed by atoms with Crippen LogP contribution in [0.15, 0.2) is 60.7 Å². The van der Waals surface area contributed by atoms with Gasteiger partial charge in [0, 0.05) is 36.4 Å². The van der Waals surface area contributed by atoms with Gasteiger partial charge in [0.25, 0.3) is 11.8 Å². The van der Waals surface area contributed by atoms with Crippen LogP contribution in [0.2, 0.25) is 0 Å². The van der Waals surface area contributed by atoms with Gasteiger partial charge in [-0.05, 0) is 71.6 Å². The van der Waals surface area contributed by atoms with E-state index >= 15 is 0 Å². The Morgan fingerprint density at radius 2 is 1.74 bits per heavy atom. The summed E-state index contributed by atoms with van der Waals surface area (Å²) in [5.74, 6) is 0.395. The monoisotopic (exact) mass is 415 g/mol. The zero-order valence-corrected chi connectivity index (χ0v) is 17.6. The van der Waals surface area contributed by atoms with Crippen LogP contribution in [0.25, 0.3) is 0 Å². The number of fused-ring (bicyclic) bond motifs is 1. The molecule has 0 atom stereocenters. The largest absolute Gasteiger partial charge is 0.496 e. The van der Waals surface area contributed by atoms with E-state index in [0.29, 0.717) is 17.7 Å². The summed E-state index contributed by atoms with van der Waals surface area (Å²) in [6.07, 6.45) is 0. The molecule has 0 aromatic heterocycles. The Balaban J connectivity index is 1.39. The standard InChI is InChI=1S/C25H25N3O3/c1-16-10-19(7-9-23(16)31-2)24(29)27-13-17-4-3-5-18(11-17)25(30)28-22-8-6-20-14-26-15-21(20)12-22/h3-12,26H,13-15H2,1-2H3,(H,27,29)(H,28,30). The van der Waals surface area contributed by atoms with Crippen molar-refractivity contribution in [3.63, 3.8) is 0 Å². The molecular formula is C25H25N3O3. The number of benzene rings is 3. The molecule has 6 heteroatoms. The number of carbonyl (C=O) groups is 2. The number of hydrogen-bond donors (Lipinski definition) is 3. The Bertz CT molecular complexity index is 1140. The van der Waals surface area contributed by atoms with Crippen LogP contribution in [0.4, 0.5) is 5.69 Å². The molecule has 2 amide bonds. The number of nitrogens with one attached hydrogen (secondary N) is 3. The lowest BCUT2D eigenvalue weighted by Crippen LogP contribution is -2.23. The number of hydrogen-bond acceptors (Lipinski definition) is 4. The van der Waals surface area contributed by atoms with Crippen molar-refractivity contribution in [3.05, 3.63) is 94.0 Å². The van der Waals surface area contributed by atoms with Crippen molar-refractivity contribution < 1.29 is 14.3 Å². The van der Waals surface area contributed by atoms with E-state index in [4.69, 9.17) is 4.74 Å². The third kappa shape index (κ3) is 4.75. The van der Waals surface area contributed by atoms with Gasteiger partial charge in [-0.2, -0.15) is 0 Å². The van der Waals surface area contributed by atoms with Crippen LogP contribution in [0.3, 0.4) is 0 Å². The molecule has 3 aromatic carbocycles. The molecule has 31 heavy (non-hydrogen) atoms. The molecule has 3 N–H and O–H groups in total. The summed E-state index contributed by atoms with van der Waals surface area (Å²) in [6, 6.07) is 18.5. The van der Waals surface area contributed by atoms with Crippen molar-refractivity contribution in [1.29, 1.82) is 0 Å². The van der Waals surface area contributed by atoms with Crippen LogP contribution in [0.1, 0.15) is 43.0 Å². The first-order valence-electron chi connectivity index (χ1n) is 10.2. The lowest BCUT2D eigenvalue weighted by atomic mass is 10.1. The second-order valence-corrected chi connectivity index (χ2v) is 7.61. The summed E-state index contributed by atoms with van der Waals surface area (Å²) >= 11 is 0. The average molecular weight is 415 g/mol. The van der Waals surface area contributed by atoms with Crippen LogP contribution < -0.4 is 20.7 Å². The smallest absolute Gasteiger partial charge is 0.255 e. The van der Waals surface area contributed by atoms with Crippen LogP contribution in [0, 0.1) is 6.92 Å². The van der Waals surface area contributed by atoms with E-state index < -0.39 is 0 Å². The average Bonchev–Trinajstić information content (AvgIpc) is 3.25. The van der Waals surface area contributed by atoms with Crippen molar-refractivity contribution in [3.8, 4) is 5.75 Å². The lowest BCUT2D eigenvalue weighted by Gasteiger charge is -2.10. The van der Waals surface area contributed by atoms with Gasteiger partial charge < -0.3 is 20.7 Å². The molecule has 6 nitrogen and oxygen atoms in total. The van der Waals surface area contributed by atoms with Crippen molar-refractivity contribution in [2.75, 3.05) is 12.4 Å². The SMILES string of the molecule is COc1ccc(C(=O)NCc2cccc(C(=O)Nc3ccc4c(c3)CNC4)c2)cc1C. The molecule has 0 bridgehead atoms. The number of ether oxygens (including phenoxy) is 1. The number of methoxy groups -OCH3 is 1. The molecule has 4 rings (SSSR count). The Morgan fingerprint density at radius 3 is 2.55 bits per heavy atom.